The molecule has 1 aliphatic heterocycles. The summed E-state index contributed by atoms with van der Waals surface area (Å²) in [5, 5.41) is 0. The van der Waals surface area contributed by atoms with Gasteiger partial charge >= 0.3 is 0 Å². The molecular formula is C24H30N4O2. The van der Waals surface area contributed by atoms with Gasteiger partial charge in [-0.1, -0.05) is 13.8 Å². The van der Waals surface area contributed by atoms with Crippen LogP contribution in [0.2, 0.25) is 0 Å². The largest absolute Gasteiger partial charge is 0.496 e. The summed E-state index contributed by atoms with van der Waals surface area (Å²) in [7, 11) is 1.68. The number of hydrogen-bond donors (Lipinski definition) is 0. The number of fused-ring (bicyclic) bond motifs is 1. The predicted octanol–water partition coefficient (Wildman–Crippen LogP) is 3.46. The zero-order valence-electron chi connectivity index (χ0n) is 18.1. The minimum absolute atomic E-state index is 0.0599. The summed E-state index contributed by atoms with van der Waals surface area (Å²) in [6.45, 7) is 9.56. The van der Waals surface area contributed by atoms with Crippen molar-refractivity contribution in [1.29, 1.82) is 0 Å². The second-order valence-corrected chi connectivity index (χ2v) is 7.80. The number of rotatable bonds is 6. The van der Waals surface area contributed by atoms with E-state index in [1.54, 1.807) is 17.6 Å². The van der Waals surface area contributed by atoms with Crippen molar-refractivity contribution in [3.05, 3.63) is 58.5 Å². The fourth-order valence-electron chi connectivity index (χ4n) is 4.19. The van der Waals surface area contributed by atoms with Gasteiger partial charge in [-0.2, -0.15) is 0 Å². The Morgan fingerprint density at radius 3 is 2.53 bits per heavy atom. The molecule has 3 heterocycles. The summed E-state index contributed by atoms with van der Waals surface area (Å²) in [6, 6.07) is 11.6. The van der Waals surface area contributed by atoms with Gasteiger partial charge in [-0.25, -0.2) is 4.98 Å². The van der Waals surface area contributed by atoms with E-state index in [-0.39, 0.29) is 5.56 Å². The highest BCUT2D eigenvalue weighted by Gasteiger charge is 2.17. The predicted molar refractivity (Wildman–Crippen MR) is 122 cm³/mol. The number of anilines is 1. The lowest BCUT2D eigenvalue weighted by molar-refractivity contribution is 0.258. The Labute approximate surface area is 177 Å². The average molecular weight is 407 g/mol. The third-order valence-corrected chi connectivity index (χ3v) is 5.88. The van der Waals surface area contributed by atoms with E-state index in [1.165, 1.54) is 6.42 Å². The molecule has 0 radical (unpaired) electrons. The molecule has 1 saturated heterocycles. The normalized spacial score (nSPS) is 15.0. The van der Waals surface area contributed by atoms with Gasteiger partial charge in [0.1, 0.15) is 11.4 Å². The Morgan fingerprint density at radius 2 is 1.83 bits per heavy atom. The highest BCUT2D eigenvalue weighted by molar-refractivity contribution is 5.65. The maximum atomic E-state index is 12.9. The zero-order valence-corrected chi connectivity index (χ0v) is 18.1. The number of aryl methyl sites for hydroxylation is 1. The fourth-order valence-corrected chi connectivity index (χ4v) is 4.19. The fraction of sp³-hybridized carbons (Fsp3) is 0.417. The minimum Gasteiger partial charge on any atom is -0.496 e. The van der Waals surface area contributed by atoms with Crippen LogP contribution in [0, 0.1) is 0 Å². The highest BCUT2D eigenvalue weighted by atomic mass is 16.5. The van der Waals surface area contributed by atoms with Gasteiger partial charge in [-0.15, -0.1) is 0 Å². The molecule has 0 N–H and O–H groups in total. The standard InChI is InChI=1S/C24H30N4O2/c1-4-10-26-11-13-27(14-12-26)20-7-9-23-25-21(16-24(29)28(23)17-20)19-6-8-22(30-3)18(5-2)15-19/h6-9,15-17H,4-5,10-14H2,1-3H3. The van der Waals surface area contributed by atoms with Crippen LogP contribution in [-0.2, 0) is 6.42 Å². The maximum Gasteiger partial charge on any atom is 0.258 e. The smallest absolute Gasteiger partial charge is 0.258 e. The van der Waals surface area contributed by atoms with Crippen LogP contribution in [0.15, 0.2) is 47.4 Å². The minimum atomic E-state index is -0.0599. The van der Waals surface area contributed by atoms with E-state index in [9.17, 15) is 4.79 Å². The number of aromatic nitrogens is 2. The molecule has 3 aromatic rings. The molecular weight excluding hydrogens is 376 g/mol. The van der Waals surface area contributed by atoms with Crippen molar-refractivity contribution >= 4 is 11.3 Å². The molecule has 0 aliphatic carbocycles. The van der Waals surface area contributed by atoms with Crippen LogP contribution in [0.25, 0.3) is 16.9 Å². The number of nitrogens with zero attached hydrogens (tertiary/aromatic N) is 4. The molecule has 1 aliphatic rings. The van der Waals surface area contributed by atoms with Crippen molar-refractivity contribution in [2.75, 3.05) is 44.7 Å². The van der Waals surface area contributed by atoms with Crippen LogP contribution >= 0.6 is 0 Å². The van der Waals surface area contributed by atoms with E-state index in [0.29, 0.717) is 11.3 Å². The first kappa shape index (κ1) is 20.4. The van der Waals surface area contributed by atoms with Crippen molar-refractivity contribution in [2.24, 2.45) is 0 Å². The van der Waals surface area contributed by atoms with Crippen molar-refractivity contribution in [3.8, 4) is 17.0 Å². The summed E-state index contributed by atoms with van der Waals surface area (Å²) in [6.07, 6.45) is 3.97. The summed E-state index contributed by atoms with van der Waals surface area (Å²) < 4.78 is 7.07. The first-order chi connectivity index (χ1) is 14.6. The highest BCUT2D eigenvalue weighted by Crippen LogP contribution is 2.26. The van der Waals surface area contributed by atoms with Gasteiger partial charge in [0.15, 0.2) is 0 Å². The number of pyridine rings is 1. The SMILES string of the molecule is CCCN1CCN(c2ccc3nc(-c4ccc(OC)c(CC)c4)cc(=O)n3c2)CC1. The topological polar surface area (TPSA) is 50.1 Å². The lowest BCUT2D eigenvalue weighted by Crippen LogP contribution is -2.46. The third-order valence-electron chi connectivity index (χ3n) is 5.88. The zero-order chi connectivity index (χ0) is 21.1. The van der Waals surface area contributed by atoms with Gasteiger partial charge in [0, 0.05) is 44.0 Å². The van der Waals surface area contributed by atoms with Gasteiger partial charge in [0.2, 0.25) is 0 Å². The van der Waals surface area contributed by atoms with Crippen molar-refractivity contribution in [1.82, 2.24) is 14.3 Å². The van der Waals surface area contributed by atoms with E-state index in [4.69, 9.17) is 9.72 Å². The van der Waals surface area contributed by atoms with Crippen molar-refractivity contribution in [2.45, 2.75) is 26.7 Å². The molecule has 158 valence electrons. The van der Waals surface area contributed by atoms with E-state index in [2.05, 4.69) is 35.8 Å². The van der Waals surface area contributed by atoms with E-state index in [1.807, 2.05) is 24.4 Å². The van der Waals surface area contributed by atoms with E-state index in [0.717, 1.165) is 61.7 Å². The van der Waals surface area contributed by atoms with Crippen LogP contribution in [0.4, 0.5) is 5.69 Å². The van der Waals surface area contributed by atoms with Crippen LogP contribution in [0.1, 0.15) is 25.8 Å². The summed E-state index contributed by atoms with van der Waals surface area (Å²) in [4.78, 5) is 22.5. The average Bonchev–Trinajstić information content (AvgIpc) is 2.79. The quantitative estimate of drug-likeness (QED) is 0.627. The number of hydrogen-bond acceptors (Lipinski definition) is 5. The Bertz CT molecular complexity index is 1080. The molecule has 0 unspecified atom stereocenters. The van der Waals surface area contributed by atoms with Gasteiger partial charge in [-0.3, -0.25) is 14.1 Å². The van der Waals surface area contributed by atoms with Crippen LogP contribution in [0.5, 0.6) is 5.75 Å². The molecule has 1 fully saturated rings. The Hall–Kier alpha value is -2.86. The maximum absolute atomic E-state index is 12.9. The number of ether oxygens (including phenoxy) is 1. The molecule has 2 aromatic heterocycles. The van der Waals surface area contributed by atoms with Gasteiger partial charge in [0.05, 0.1) is 18.5 Å². The Morgan fingerprint density at radius 1 is 1.03 bits per heavy atom. The Kier molecular flexibility index (Phi) is 6.04. The van der Waals surface area contributed by atoms with Crippen LogP contribution in [0.3, 0.4) is 0 Å². The van der Waals surface area contributed by atoms with E-state index >= 15 is 0 Å². The monoisotopic (exact) mass is 406 g/mol. The van der Waals surface area contributed by atoms with Crippen molar-refractivity contribution < 1.29 is 4.74 Å². The molecule has 6 nitrogen and oxygen atoms in total. The molecule has 0 bridgehead atoms. The molecule has 1 aromatic carbocycles. The number of methoxy groups -OCH3 is 1. The summed E-state index contributed by atoms with van der Waals surface area (Å²) in [5.74, 6) is 0.863. The molecule has 0 atom stereocenters. The third kappa shape index (κ3) is 4.05. The Balaban J connectivity index is 1.63. The van der Waals surface area contributed by atoms with Gasteiger partial charge < -0.3 is 9.64 Å². The number of benzene rings is 1. The lowest BCUT2D eigenvalue weighted by atomic mass is 10.0. The van der Waals surface area contributed by atoms with Crippen LogP contribution < -0.4 is 15.2 Å². The molecule has 4 rings (SSSR count). The second-order valence-electron chi connectivity index (χ2n) is 7.80. The molecule has 0 saturated carbocycles. The molecule has 30 heavy (non-hydrogen) atoms. The van der Waals surface area contributed by atoms with Crippen LogP contribution in [-0.4, -0.2) is 54.1 Å². The first-order valence-electron chi connectivity index (χ1n) is 10.8. The number of piperazine rings is 1. The second kappa shape index (κ2) is 8.88. The summed E-state index contributed by atoms with van der Waals surface area (Å²) in [5.41, 5.74) is 4.42. The van der Waals surface area contributed by atoms with Gasteiger partial charge in [0.25, 0.3) is 5.56 Å². The van der Waals surface area contributed by atoms with Crippen molar-refractivity contribution in [3.63, 3.8) is 0 Å². The molecule has 0 spiro atoms. The summed E-state index contributed by atoms with van der Waals surface area (Å²) >= 11 is 0. The van der Waals surface area contributed by atoms with Gasteiger partial charge in [-0.05, 0) is 55.3 Å². The first-order valence-corrected chi connectivity index (χ1v) is 10.8. The lowest BCUT2D eigenvalue weighted by Gasteiger charge is -2.35. The molecule has 0 amide bonds. The van der Waals surface area contributed by atoms with E-state index < -0.39 is 0 Å². The molecule has 6 heteroatoms.